The lowest BCUT2D eigenvalue weighted by molar-refractivity contribution is 0.287. The normalized spacial score (nSPS) is 11.3. The number of aliphatic hydroxyl groups is 1. The number of aryl methyl sites for hydroxylation is 1. The number of benzene rings is 1. The number of rotatable bonds is 7. The Morgan fingerprint density at radius 1 is 1.06 bits per heavy atom. The van der Waals surface area contributed by atoms with Gasteiger partial charge in [0.2, 0.25) is 0 Å². The van der Waals surface area contributed by atoms with E-state index in [0.717, 1.165) is 29.8 Å². The molecular weight excluding hydrogens is 412 g/mol. The average Bonchev–Trinajstić information content (AvgIpc) is 2.79. The van der Waals surface area contributed by atoms with Crippen LogP contribution in [0, 0.1) is 12.8 Å². The van der Waals surface area contributed by atoms with E-state index in [0.29, 0.717) is 12.5 Å². The van der Waals surface area contributed by atoms with Gasteiger partial charge in [-0.05, 0) is 81.7 Å². The van der Waals surface area contributed by atoms with Gasteiger partial charge < -0.3 is 5.11 Å². The quantitative estimate of drug-likeness (QED) is 0.314. The molecule has 0 aromatic heterocycles. The number of halogens is 1. The first-order chi connectivity index (χ1) is 15.2. The van der Waals surface area contributed by atoms with Gasteiger partial charge in [-0.25, -0.2) is 0 Å². The standard InChI is InChI=1S/C19H25Cl.C4H10O.C3H6.2C2H6/c1-7-13(2)14(3)10-15(4)16(5)11-18-8-9-19(20)17(6)12-18;1-2-3-4-5;1-3-2;2*1-2/h7-10,12,16H,1,11H2,2-6H3;5H,2-4H2,1H3;3H,1H2,2H3;2*1-2H3/b14-13+,15-10+;;;;. The lowest BCUT2D eigenvalue weighted by atomic mass is 9.92. The third-order valence-electron chi connectivity index (χ3n) is 4.43. The Balaban J connectivity index is -0.000000273. The predicted octanol–water partition coefficient (Wildman–Crippen LogP) is 10.3. The van der Waals surface area contributed by atoms with E-state index < -0.39 is 0 Å². The second kappa shape index (κ2) is 27.5. The molecule has 0 aliphatic rings. The van der Waals surface area contributed by atoms with E-state index in [1.54, 1.807) is 6.08 Å². The van der Waals surface area contributed by atoms with Gasteiger partial charge in [0.05, 0.1) is 0 Å². The fourth-order valence-corrected chi connectivity index (χ4v) is 2.38. The molecule has 1 unspecified atom stereocenters. The zero-order valence-corrected chi connectivity index (χ0v) is 23.9. The first-order valence-corrected chi connectivity index (χ1v) is 12.5. The highest BCUT2D eigenvalue weighted by Crippen LogP contribution is 2.22. The van der Waals surface area contributed by atoms with Crippen LogP contribution in [0.15, 0.2) is 66.3 Å². The molecule has 0 heterocycles. The van der Waals surface area contributed by atoms with Crippen molar-refractivity contribution in [1.29, 1.82) is 0 Å². The number of hydrogen-bond donors (Lipinski definition) is 1. The predicted molar refractivity (Wildman–Crippen MR) is 152 cm³/mol. The summed E-state index contributed by atoms with van der Waals surface area (Å²) in [5.41, 5.74) is 6.41. The molecule has 1 atom stereocenters. The van der Waals surface area contributed by atoms with Crippen molar-refractivity contribution in [1.82, 2.24) is 0 Å². The summed E-state index contributed by atoms with van der Waals surface area (Å²) in [5.74, 6) is 0.517. The highest BCUT2D eigenvalue weighted by atomic mass is 35.5. The number of allylic oxidation sites excluding steroid dienone is 6. The van der Waals surface area contributed by atoms with Crippen molar-refractivity contribution in [2.45, 2.75) is 95.4 Å². The van der Waals surface area contributed by atoms with Crippen molar-refractivity contribution in [2.75, 3.05) is 6.61 Å². The molecule has 32 heavy (non-hydrogen) atoms. The summed E-state index contributed by atoms with van der Waals surface area (Å²) >= 11 is 6.07. The number of hydrogen-bond acceptors (Lipinski definition) is 1. The van der Waals surface area contributed by atoms with Crippen molar-refractivity contribution < 1.29 is 5.11 Å². The third kappa shape index (κ3) is 21.7. The Morgan fingerprint density at radius 2 is 1.56 bits per heavy atom. The van der Waals surface area contributed by atoms with Crippen LogP contribution >= 0.6 is 11.6 Å². The van der Waals surface area contributed by atoms with Crippen LogP contribution < -0.4 is 0 Å². The summed E-state index contributed by atoms with van der Waals surface area (Å²) in [6.07, 6.45) is 9.01. The molecule has 0 spiro atoms. The topological polar surface area (TPSA) is 20.2 Å². The first kappa shape index (κ1) is 37.7. The summed E-state index contributed by atoms with van der Waals surface area (Å²) in [5, 5.41) is 8.91. The maximum absolute atomic E-state index is 8.07. The van der Waals surface area contributed by atoms with E-state index >= 15 is 0 Å². The van der Waals surface area contributed by atoms with Gasteiger partial charge in [-0.3, -0.25) is 0 Å². The van der Waals surface area contributed by atoms with Gasteiger partial charge in [-0.15, -0.1) is 6.58 Å². The second-order valence-electron chi connectivity index (χ2n) is 7.13. The zero-order chi connectivity index (χ0) is 26.1. The van der Waals surface area contributed by atoms with Crippen LogP contribution in [0.3, 0.4) is 0 Å². The minimum absolute atomic E-state index is 0.344. The van der Waals surface area contributed by atoms with Crippen molar-refractivity contribution in [3.05, 3.63) is 82.5 Å². The maximum atomic E-state index is 8.07. The van der Waals surface area contributed by atoms with E-state index in [2.05, 4.69) is 72.9 Å². The molecule has 0 saturated heterocycles. The second-order valence-corrected chi connectivity index (χ2v) is 7.54. The number of unbranched alkanes of at least 4 members (excludes halogenated alkanes) is 1. The monoisotopic (exact) mass is 464 g/mol. The van der Waals surface area contributed by atoms with Crippen LogP contribution in [0.1, 0.15) is 93.2 Å². The molecular formula is C30H53ClO. The third-order valence-corrected chi connectivity index (χ3v) is 4.85. The van der Waals surface area contributed by atoms with Gasteiger partial charge in [0, 0.05) is 11.6 Å². The molecule has 1 nitrogen and oxygen atoms in total. The molecule has 0 fully saturated rings. The molecule has 186 valence electrons. The largest absolute Gasteiger partial charge is 0.396 e. The summed E-state index contributed by atoms with van der Waals surface area (Å²) in [6.45, 7) is 30.2. The maximum Gasteiger partial charge on any atom is 0.0435 e. The minimum Gasteiger partial charge on any atom is -0.396 e. The first-order valence-electron chi connectivity index (χ1n) is 12.1. The lowest BCUT2D eigenvalue weighted by Crippen LogP contribution is -2.02. The van der Waals surface area contributed by atoms with Gasteiger partial charge in [-0.1, -0.05) is 102 Å². The van der Waals surface area contributed by atoms with Crippen LogP contribution in [-0.4, -0.2) is 11.7 Å². The molecule has 1 N–H and O–H groups in total. The van der Waals surface area contributed by atoms with E-state index in [4.69, 9.17) is 16.7 Å². The number of aliphatic hydroxyl groups excluding tert-OH is 1. The smallest absolute Gasteiger partial charge is 0.0435 e. The summed E-state index contributed by atoms with van der Waals surface area (Å²) < 4.78 is 0. The van der Waals surface area contributed by atoms with Gasteiger partial charge in [0.1, 0.15) is 0 Å². The van der Waals surface area contributed by atoms with Gasteiger partial charge in [-0.2, -0.15) is 0 Å². The van der Waals surface area contributed by atoms with Crippen molar-refractivity contribution >= 4 is 11.6 Å². The molecule has 0 aliphatic heterocycles. The highest BCUT2D eigenvalue weighted by Gasteiger charge is 2.07. The molecule has 0 bridgehead atoms. The van der Waals surface area contributed by atoms with Gasteiger partial charge >= 0.3 is 0 Å². The molecule has 1 aromatic rings. The molecule has 0 radical (unpaired) electrons. The lowest BCUT2D eigenvalue weighted by Gasteiger charge is -2.14. The summed E-state index contributed by atoms with van der Waals surface area (Å²) in [4.78, 5) is 0. The van der Waals surface area contributed by atoms with Crippen molar-refractivity contribution in [2.24, 2.45) is 5.92 Å². The van der Waals surface area contributed by atoms with Crippen molar-refractivity contribution in [3.63, 3.8) is 0 Å². The van der Waals surface area contributed by atoms with Gasteiger partial charge in [0.25, 0.3) is 0 Å². The van der Waals surface area contributed by atoms with Crippen LogP contribution in [0.4, 0.5) is 0 Å². The van der Waals surface area contributed by atoms with E-state index in [1.165, 1.54) is 22.3 Å². The minimum atomic E-state index is 0.344. The van der Waals surface area contributed by atoms with E-state index in [-0.39, 0.29) is 0 Å². The molecule has 0 saturated carbocycles. The molecule has 1 rings (SSSR count). The fraction of sp³-hybridized carbons (Fsp3) is 0.533. The molecule has 1 aromatic carbocycles. The SMILES string of the molecule is C=C/C(C)=C(C)/C=C(\C)C(C)Cc1ccc(Cl)c(C)c1.C=CC.CC.CC.CCCCO. The summed E-state index contributed by atoms with van der Waals surface area (Å²) in [7, 11) is 0. The fourth-order valence-electron chi connectivity index (χ4n) is 2.27. The van der Waals surface area contributed by atoms with E-state index in [1.807, 2.05) is 46.8 Å². The molecule has 0 aliphatic carbocycles. The molecule has 2 heteroatoms. The Morgan fingerprint density at radius 3 is 1.91 bits per heavy atom. The Kier molecular flexibility index (Phi) is 32.4. The van der Waals surface area contributed by atoms with Crippen LogP contribution in [0.25, 0.3) is 0 Å². The van der Waals surface area contributed by atoms with Crippen molar-refractivity contribution in [3.8, 4) is 0 Å². The van der Waals surface area contributed by atoms with Crippen LogP contribution in [-0.2, 0) is 6.42 Å². The van der Waals surface area contributed by atoms with Crippen LogP contribution in [0.5, 0.6) is 0 Å². The van der Waals surface area contributed by atoms with Crippen LogP contribution in [0.2, 0.25) is 5.02 Å². The average molecular weight is 465 g/mol. The Labute approximate surface area is 207 Å². The highest BCUT2D eigenvalue weighted by molar-refractivity contribution is 6.31. The summed E-state index contributed by atoms with van der Waals surface area (Å²) in [6, 6.07) is 6.30. The zero-order valence-electron chi connectivity index (χ0n) is 23.1. The van der Waals surface area contributed by atoms with Gasteiger partial charge in [0.15, 0.2) is 0 Å². The molecule has 0 amide bonds. The Bertz CT molecular complexity index is 636. The van der Waals surface area contributed by atoms with E-state index in [9.17, 15) is 0 Å². The Hall–Kier alpha value is -1.57.